The summed E-state index contributed by atoms with van der Waals surface area (Å²) < 4.78 is 17.0. The van der Waals surface area contributed by atoms with Gasteiger partial charge in [0.25, 0.3) is 5.97 Å². The van der Waals surface area contributed by atoms with Crippen molar-refractivity contribution in [2.75, 3.05) is 34.9 Å². The van der Waals surface area contributed by atoms with E-state index in [1.807, 2.05) is 7.05 Å². The van der Waals surface area contributed by atoms with E-state index in [4.69, 9.17) is 14.2 Å². The fraction of sp³-hybridized carbons (Fsp3) is 1.00. The first kappa shape index (κ1) is 23.8. The first-order valence-corrected chi connectivity index (χ1v) is 9.71. The van der Waals surface area contributed by atoms with Crippen LogP contribution in [0.15, 0.2) is 0 Å². The van der Waals surface area contributed by atoms with E-state index >= 15 is 0 Å². The van der Waals surface area contributed by atoms with Crippen LogP contribution in [-0.4, -0.2) is 40.9 Å². The van der Waals surface area contributed by atoms with Gasteiger partial charge in [-0.25, -0.2) is 0 Å². The van der Waals surface area contributed by atoms with Crippen molar-refractivity contribution in [3.8, 4) is 0 Å². The number of rotatable bonds is 16. The molecule has 0 radical (unpaired) electrons. The Balaban J connectivity index is 4.65. The summed E-state index contributed by atoms with van der Waals surface area (Å²) in [5.41, 5.74) is 0.259. The molecule has 1 atom stereocenters. The van der Waals surface area contributed by atoms with Crippen molar-refractivity contribution in [1.82, 2.24) is 5.32 Å². The fourth-order valence-corrected chi connectivity index (χ4v) is 3.55. The summed E-state index contributed by atoms with van der Waals surface area (Å²) >= 11 is 0. The molecule has 0 fully saturated rings. The first-order valence-electron chi connectivity index (χ1n) is 9.71. The highest BCUT2D eigenvalue weighted by molar-refractivity contribution is 4.77. The molecule has 0 saturated heterocycles. The van der Waals surface area contributed by atoms with Gasteiger partial charge < -0.3 is 19.5 Å². The van der Waals surface area contributed by atoms with Crippen LogP contribution in [0.25, 0.3) is 0 Å². The average Bonchev–Trinajstić information content (AvgIpc) is 2.56. The maximum atomic E-state index is 5.66. The number of ether oxygens (including phenoxy) is 3. The van der Waals surface area contributed by atoms with Crippen LogP contribution in [0.1, 0.15) is 78.6 Å². The number of hydrogen-bond donors (Lipinski definition) is 1. The van der Waals surface area contributed by atoms with Crippen LogP contribution in [0.3, 0.4) is 0 Å². The highest BCUT2D eigenvalue weighted by Crippen LogP contribution is 2.35. The topological polar surface area (TPSA) is 39.7 Å². The molecule has 0 aliphatic rings. The number of nitrogens with one attached hydrogen (secondary N) is 1. The normalized spacial score (nSPS) is 14.1. The van der Waals surface area contributed by atoms with Crippen LogP contribution in [0.4, 0.5) is 0 Å². The molecule has 0 aromatic rings. The van der Waals surface area contributed by atoms with Crippen LogP contribution in [0.5, 0.6) is 0 Å². The molecule has 4 heteroatoms. The Morgan fingerprint density at radius 1 is 0.833 bits per heavy atom. The second-order valence-electron chi connectivity index (χ2n) is 7.70. The van der Waals surface area contributed by atoms with E-state index in [0.29, 0.717) is 0 Å². The van der Waals surface area contributed by atoms with E-state index in [1.54, 1.807) is 21.3 Å². The maximum absolute atomic E-state index is 5.66. The van der Waals surface area contributed by atoms with Crippen molar-refractivity contribution in [2.24, 2.45) is 11.3 Å². The molecule has 0 amide bonds. The standard InChI is InChI=1S/C20H43NO3/c1-8-9-10-11-12-13-14-18(20(22-5,23-6)24-7)15-16-19(2,3)17-21-4/h18,21H,8-17H2,1-7H3. The molecule has 0 aromatic heterocycles. The smallest absolute Gasteiger partial charge is 0.285 e. The van der Waals surface area contributed by atoms with Crippen molar-refractivity contribution in [1.29, 1.82) is 0 Å². The van der Waals surface area contributed by atoms with Crippen LogP contribution in [-0.2, 0) is 14.2 Å². The highest BCUT2D eigenvalue weighted by atomic mass is 16.9. The van der Waals surface area contributed by atoms with Gasteiger partial charge in [-0.2, -0.15) is 0 Å². The van der Waals surface area contributed by atoms with Crippen molar-refractivity contribution in [3.63, 3.8) is 0 Å². The maximum Gasteiger partial charge on any atom is 0.285 e. The van der Waals surface area contributed by atoms with Gasteiger partial charge in [0.15, 0.2) is 0 Å². The molecule has 24 heavy (non-hydrogen) atoms. The molecule has 4 nitrogen and oxygen atoms in total. The minimum atomic E-state index is -0.918. The van der Waals surface area contributed by atoms with Crippen molar-refractivity contribution in [2.45, 2.75) is 84.5 Å². The lowest BCUT2D eigenvalue weighted by Gasteiger charge is -2.38. The Morgan fingerprint density at radius 2 is 1.38 bits per heavy atom. The van der Waals surface area contributed by atoms with E-state index in [1.165, 1.54) is 38.5 Å². The Labute approximate surface area is 151 Å². The molecular formula is C20H43NO3. The SMILES string of the molecule is CCCCCCCCC(CCC(C)(C)CNC)C(OC)(OC)OC. The highest BCUT2D eigenvalue weighted by Gasteiger charge is 2.40. The minimum absolute atomic E-state index is 0.250. The summed E-state index contributed by atoms with van der Waals surface area (Å²) in [7, 11) is 7.05. The molecule has 0 spiro atoms. The van der Waals surface area contributed by atoms with E-state index in [0.717, 1.165) is 25.8 Å². The van der Waals surface area contributed by atoms with Gasteiger partial charge in [0.1, 0.15) is 0 Å². The quantitative estimate of drug-likeness (QED) is 0.317. The lowest BCUT2D eigenvalue weighted by atomic mass is 9.82. The van der Waals surface area contributed by atoms with Crippen LogP contribution < -0.4 is 5.32 Å². The van der Waals surface area contributed by atoms with Gasteiger partial charge in [0.05, 0.1) is 0 Å². The number of methoxy groups -OCH3 is 3. The number of unbranched alkanes of at least 4 members (excludes halogenated alkanes) is 5. The fourth-order valence-electron chi connectivity index (χ4n) is 3.55. The first-order chi connectivity index (χ1) is 11.4. The van der Waals surface area contributed by atoms with Gasteiger partial charge >= 0.3 is 0 Å². The molecule has 1 N–H and O–H groups in total. The largest absolute Gasteiger partial charge is 0.331 e. The molecule has 0 aliphatic heterocycles. The van der Waals surface area contributed by atoms with Crippen molar-refractivity contribution < 1.29 is 14.2 Å². The second-order valence-corrected chi connectivity index (χ2v) is 7.70. The zero-order chi connectivity index (χ0) is 18.5. The number of hydrogen-bond acceptors (Lipinski definition) is 4. The van der Waals surface area contributed by atoms with E-state index < -0.39 is 5.97 Å². The lowest BCUT2D eigenvalue weighted by Crippen LogP contribution is -2.44. The zero-order valence-corrected chi connectivity index (χ0v) is 17.4. The third-order valence-electron chi connectivity index (χ3n) is 5.08. The van der Waals surface area contributed by atoms with Gasteiger partial charge in [-0.1, -0.05) is 59.3 Å². The van der Waals surface area contributed by atoms with Crippen LogP contribution >= 0.6 is 0 Å². The van der Waals surface area contributed by atoms with E-state index in [-0.39, 0.29) is 11.3 Å². The van der Waals surface area contributed by atoms with Gasteiger partial charge in [-0.05, 0) is 38.3 Å². The zero-order valence-electron chi connectivity index (χ0n) is 17.4. The van der Waals surface area contributed by atoms with Crippen LogP contribution in [0, 0.1) is 11.3 Å². The van der Waals surface area contributed by atoms with Crippen LogP contribution in [0.2, 0.25) is 0 Å². The average molecular weight is 346 g/mol. The Bertz CT molecular complexity index is 282. The Hall–Kier alpha value is -0.160. The second kappa shape index (κ2) is 13.1. The predicted octanol–water partition coefficient (Wildman–Crippen LogP) is 4.97. The summed E-state index contributed by atoms with van der Waals surface area (Å²) in [6.45, 7) is 7.88. The summed E-state index contributed by atoms with van der Waals surface area (Å²) in [5, 5.41) is 3.29. The summed E-state index contributed by atoms with van der Waals surface area (Å²) in [5.74, 6) is -0.668. The van der Waals surface area contributed by atoms with E-state index in [9.17, 15) is 0 Å². The van der Waals surface area contributed by atoms with Crippen molar-refractivity contribution in [3.05, 3.63) is 0 Å². The van der Waals surface area contributed by atoms with Gasteiger partial charge in [0, 0.05) is 27.2 Å². The van der Waals surface area contributed by atoms with Crippen molar-refractivity contribution >= 4 is 0 Å². The molecule has 0 bridgehead atoms. The Morgan fingerprint density at radius 3 is 1.88 bits per heavy atom. The molecular weight excluding hydrogens is 302 g/mol. The van der Waals surface area contributed by atoms with E-state index in [2.05, 4.69) is 26.1 Å². The Kier molecular flexibility index (Phi) is 13.0. The summed E-state index contributed by atoms with van der Waals surface area (Å²) in [4.78, 5) is 0. The summed E-state index contributed by atoms with van der Waals surface area (Å²) in [6, 6.07) is 0. The third-order valence-corrected chi connectivity index (χ3v) is 5.08. The molecule has 0 aromatic carbocycles. The molecule has 146 valence electrons. The summed E-state index contributed by atoms with van der Waals surface area (Å²) in [6.07, 6.45) is 11.0. The molecule has 0 heterocycles. The van der Waals surface area contributed by atoms with Gasteiger partial charge in [0.2, 0.25) is 0 Å². The van der Waals surface area contributed by atoms with Gasteiger partial charge in [-0.3, -0.25) is 0 Å². The molecule has 0 aliphatic carbocycles. The minimum Gasteiger partial charge on any atom is -0.331 e. The van der Waals surface area contributed by atoms with Gasteiger partial charge in [-0.15, -0.1) is 0 Å². The molecule has 0 saturated carbocycles. The molecule has 1 unspecified atom stereocenters. The predicted molar refractivity (Wildman–Crippen MR) is 102 cm³/mol. The lowest BCUT2D eigenvalue weighted by molar-refractivity contribution is -0.380. The monoisotopic (exact) mass is 345 g/mol. The molecule has 0 rings (SSSR count). The third kappa shape index (κ3) is 8.80.